The van der Waals surface area contributed by atoms with E-state index in [9.17, 15) is 14.7 Å². The van der Waals surface area contributed by atoms with E-state index in [4.69, 9.17) is 9.47 Å². The van der Waals surface area contributed by atoms with Crippen LogP contribution in [0.1, 0.15) is 43.0 Å². The lowest BCUT2D eigenvalue weighted by Crippen LogP contribution is -2.50. The predicted octanol–water partition coefficient (Wildman–Crippen LogP) is 4.14. The summed E-state index contributed by atoms with van der Waals surface area (Å²) in [6, 6.07) is 15.1. The van der Waals surface area contributed by atoms with Crippen molar-refractivity contribution in [3.8, 4) is 16.9 Å². The number of nitrogens with one attached hydrogen (secondary N) is 1. The largest absolute Gasteiger partial charge is 0.489 e. The zero-order valence-electron chi connectivity index (χ0n) is 17.8. The van der Waals surface area contributed by atoms with Gasteiger partial charge in [0.15, 0.2) is 0 Å². The van der Waals surface area contributed by atoms with Gasteiger partial charge in [-0.2, -0.15) is 0 Å². The molecule has 4 rings (SSSR count). The van der Waals surface area contributed by atoms with Crippen LogP contribution >= 0.6 is 0 Å². The molecule has 0 amide bonds. The van der Waals surface area contributed by atoms with Crippen LogP contribution in [0.5, 0.6) is 5.75 Å². The molecule has 6 nitrogen and oxygen atoms in total. The van der Waals surface area contributed by atoms with E-state index in [2.05, 4.69) is 5.32 Å². The van der Waals surface area contributed by atoms with Crippen LogP contribution in [0.2, 0.25) is 0 Å². The Bertz CT molecular complexity index is 929. The molecule has 1 saturated heterocycles. The zero-order chi connectivity index (χ0) is 21.8. The van der Waals surface area contributed by atoms with E-state index < -0.39 is 18.0 Å². The molecule has 6 heteroatoms. The van der Waals surface area contributed by atoms with Gasteiger partial charge in [-0.3, -0.25) is 4.79 Å². The Morgan fingerprint density at radius 1 is 1.03 bits per heavy atom. The van der Waals surface area contributed by atoms with Gasteiger partial charge in [-0.05, 0) is 74.2 Å². The Balaban J connectivity index is 1.55. The summed E-state index contributed by atoms with van der Waals surface area (Å²) in [7, 11) is 0. The molecule has 2 aromatic carbocycles. The van der Waals surface area contributed by atoms with Gasteiger partial charge in [0.2, 0.25) is 0 Å². The van der Waals surface area contributed by atoms with Crippen molar-refractivity contribution in [1.29, 1.82) is 0 Å². The van der Waals surface area contributed by atoms with Crippen LogP contribution < -0.4 is 10.1 Å². The normalized spacial score (nSPS) is 25.3. The molecule has 164 valence electrons. The highest BCUT2D eigenvalue weighted by Crippen LogP contribution is 2.38. The minimum Gasteiger partial charge on any atom is -0.489 e. The first-order valence-corrected chi connectivity index (χ1v) is 11.0. The molecule has 1 aliphatic carbocycles. The van der Waals surface area contributed by atoms with Gasteiger partial charge in [-0.1, -0.05) is 36.4 Å². The number of aliphatic carboxylic acids is 1. The van der Waals surface area contributed by atoms with Crippen LogP contribution in [0.3, 0.4) is 0 Å². The molecule has 0 bridgehead atoms. The first-order chi connectivity index (χ1) is 15.0. The maximum absolute atomic E-state index is 12.5. The summed E-state index contributed by atoms with van der Waals surface area (Å²) in [5, 5.41) is 12.5. The lowest BCUT2D eigenvalue weighted by atomic mass is 9.72. The fraction of sp³-hybridized carbons (Fsp3) is 0.440. The SMILES string of the molecule is CCOC(=O)c1ccc(-c2ccccc2)cc1OC1CCC2CNC(C(=O)O)CC2C1. The molecular formula is C25H29NO5. The monoisotopic (exact) mass is 423 g/mol. The molecule has 0 spiro atoms. The van der Waals surface area contributed by atoms with E-state index in [0.29, 0.717) is 36.2 Å². The molecule has 0 aromatic heterocycles. The van der Waals surface area contributed by atoms with Gasteiger partial charge in [-0.25, -0.2) is 4.79 Å². The Morgan fingerprint density at radius 2 is 1.84 bits per heavy atom. The molecule has 1 saturated carbocycles. The fourth-order valence-electron chi connectivity index (χ4n) is 4.80. The summed E-state index contributed by atoms with van der Waals surface area (Å²) in [5.74, 6) is 0.146. The number of carboxylic acids is 1. The van der Waals surface area contributed by atoms with Gasteiger partial charge in [0, 0.05) is 0 Å². The third-order valence-corrected chi connectivity index (χ3v) is 6.43. The van der Waals surface area contributed by atoms with Crippen LogP contribution in [0.25, 0.3) is 11.1 Å². The van der Waals surface area contributed by atoms with Crippen LogP contribution in [0.15, 0.2) is 48.5 Å². The van der Waals surface area contributed by atoms with E-state index in [-0.39, 0.29) is 6.10 Å². The number of esters is 1. The zero-order valence-corrected chi connectivity index (χ0v) is 17.8. The highest BCUT2D eigenvalue weighted by atomic mass is 16.5. The molecule has 4 atom stereocenters. The van der Waals surface area contributed by atoms with Crippen LogP contribution in [0, 0.1) is 11.8 Å². The summed E-state index contributed by atoms with van der Waals surface area (Å²) in [6.45, 7) is 2.83. The summed E-state index contributed by atoms with van der Waals surface area (Å²) in [6.07, 6.45) is 3.25. The second-order valence-electron chi connectivity index (χ2n) is 8.41. The number of ether oxygens (including phenoxy) is 2. The molecule has 4 unspecified atom stereocenters. The molecule has 1 aliphatic heterocycles. The van der Waals surface area contributed by atoms with E-state index >= 15 is 0 Å². The number of hydrogen-bond donors (Lipinski definition) is 2. The van der Waals surface area contributed by atoms with E-state index in [0.717, 1.165) is 36.9 Å². The quantitative estimate of drug-likeness (QED) is 0.680. The number of piperidine rings is 1. The average molecular weight is 424 g/mol. The highest BCUT2D eigenvalue weighted by molar-refractivity contribution is 5.93. The Hall–Kier alpha value is -2.86. The second-order valence-corrected chi connectivity index (χ2v) is 8.41. The number of carboxylic acid groups (broad SMARTS) is 1. The fourth-order valence-corrected chi connectivity index (χ4v) is 4.80. The van der Waals surface area contributed by atoms with E-state index in [1.54, 1.807) is 13.0 Å². The van der Waals surface area contributed by atoms with Gasteiger partial charge in [0.05, 0.1) is 12.7 Å². The molecule has 2 fully saturated rings. The van der Waals surface area contributed by atoms with E-state index in [1.165, 1.54) is 0 Å². The molecule has 0 radical (unpaired) electrons. The van der Waals surface area contributed by atoms with Gasteiger partial charge >= 0.3 is 11.9 Å². The number of benzene rings is 2. The maximum Gasteiger partial charge on any atom is 0.341 e. The molecule has 31 heavy (non-hydrogen) atoms. The Kier molecular flexibility index (Phi) is 6.56. The van der Waals surface area contributed by atoms with Crippen molar-refractivity contribution < 1.29 is 24.2 Å². The first-order valence-electron chi connectivity index (χ1n) is 11.0. The van der Waals surface area contributed by atoms with Crippen LogP contribution in [-0.4, -0.2) is 42.3 Å². The number of carbonyl (C=O) groups is 2. The number of rotatable bonds is 6. The molecular weight excluding hydrogens is 394 g/mol. The summed E-state index contributed by atoms with van der Waals surface area (Å²) < 4.78 is 11.6. The minimum absolute atomic E-state index is 0.0482. The van der Waals surface area contributed by atoms with Crippen molar-refractivity contribution in [2.45, 2.75) is 44.8 Å². The molecule has 2 aliphatic rings. The smallest absolute Gasteiger partial charge is 0.341 e. The summed E-state index contributed by atoms with van der Waals surface area (Å²) >= 11 is 0. The van der Waals surface area contributed by atoms with Crippen LogP contribution in [-0.2, 0) is 9.53 Å². The Morgan fingerprint density at radius 3 is 2.58 bits per heavy atom. The van der Waals surface area contributed by atoms with Crippen LogP contribution in [0.4, 0.5) is 0 Å². The maximum atomic E-state index is 12.5. The van der Waals surface area contributed by atoms with Crippen molar-refractivity contribution in [2.24, 2.45) is 11.8 Å². The lowest BCUT2D eigenvalue weighted by Gasteiger charge is -2.41. The van der Waals surface area contributed by atoms with Gasteiger partial charge in [0.1, 0.15) is 17.4 Å². The standard InChI is InChI=1S/C25H29NO5/c1-2-30-25(29)21-11-9-17(16-6-4-3-5-7-16)14-23(21)31-20-10-8-18-15-26-22(24(27)28)13-19(18)12-20/h3-7,9,11,14,18-20,22,26H,2,8,10,12-13,15H2,1H3,(H,27,28). The average Bonchev–Trinajstić information content (AvgIpc) is 2.79. The second kappa shape index (κ2) is 9.52. The Labute approximate surface area is 182 Å². The van der Waals surface area contributed by atoms with Gasteiger partial charge < -0.3 is 19.9 Å². The van der Waals surface area contributed by atoms with E-state index in [1.807, 2.05) is 42.5 Å². The topological polar surface area (TPSA) is 84.9 Å². The van der Waals surface area contributed by atoms with Crippen molar-refractivity contribution in [1.82, 2.24) is 5.32 Å². The number of hydrogen-bond acceptors (Lipinski definition) is 5. The van der Waals surface area contributed by atoms with Gasteiger partial charge in [-0.15, -0.1) is 0 Å². The number of carbonyl (C=O) groups excluding carboxylic acids is 1. The summed E-state index contributed by atoms with van der Waals surface area (Å²) in [5.41, 5.74) is 2.46. The first kappa shape index (κ1) is 21.4. The highest BCUT2D eigenvalue weighted by Gasteiger charge is 2.38. The van der Waals surface area contributed by atoms with Crippen molar-refractivity contribution in [3.63, 3.8) is 0 Å². The molecule has 2 aromatic rings. The summed E-state index contributed by atoms with van der Waals surface area (Å²) in [4.78, 5) is 23.9. The predicted molar refractivity (Wildman–Crippen MR) is 117 cm³/mol. The third kappa shape index (κ3) is 4.90. The minimum atomic E-state index is -0.790. The van der Waals surface area contributed by atoms with Crippen molar-refractivity contribution >= 4 is 11.9 Å². The third-order valence-electron chi connectivity index (χ3n) is 6.43. The van der Waals surface area contributed by atoms with Gasteiger partial charge in [0.25, 0.3) is 0 Å². The molecule has 1 heterocycles. The number of fused-ring (bicyclic) bond motifs is 1. The van der Waals surface area contributed by atoms with Crippen molar-refractivity contribution in [2.75, 3.05) is 13.2 Å². The van der Waals surface area contributed by atoms with Crippen molar-refractivity contribution in [3.05, 3.63) is 54.1 Å². The molecule has 2 N–H and O–H groups in total. The lowest BCUT2D eigenvalue weighted by molar-refractivity contribution is -0.141.